The molecule has 0 spiro atoms. The molecule has 1 N–H and O–H groups in total. The van der Waals surface area contributed by atoms with Gasteiger partial charge in [0.2, 0.25) is 0 Å². The lowest BCUT2D eigenvalue weighted by atomic mass is 10.1. The maximum Gasteiger partial charge on any atom is 0.0708 e. The third-order valence-corrected chi connectivity index (χ3v) is 2.25. The molecule has 0 saturated carbocycles. The summed E-state index contributed by atoms with van der Waals surface area (Å²) in [7, 11) is 0. The summed E-state index contributed by atoms with van der Waals surface area (Å²) in [6.07, 6.45) is 0. The maximum absolute atomic E-state index is 6.03. The summed E-state index contributed by atoms with van der Waals surface area (Å²) >= 11 is 9.33. The third-order valence-electron chi connectivity index (χ3n) is 1.68. The minimum Gasteiger partial charge on any atom is -0.374 e. The first-order valence-corrected chi connectivity index (χ1v) is 5.21. The zero-order chi connectivity index (χ0) is 9.14. The Morgan fingerprint density at radius 3 is 2.58 bits per heavy atom. The van der Waals surface area contributed by atoms with E-state index in [4.69, 9.17) is 11.6 Å². The topological polar surface area (TPSA) is 12.0 Å². The fourth-order valence-electron chi connectivity index (χ4n) is 1.21. The molecule has 0 bridgehead atoms. The molecule has 0 fully saturated rings. The van der Waals surface area contributed by atoms with Crippen molar-refractivity contribution in [3.63, 3.8) is 0 Å². The molecule has 0 unspecified atom stereocenters. The second-order valence-electron chi connectivity index (χ2n) is 2.75. The lowest BCUT2D eigenvalue weighted by Gasteiger charge is -2.09. The molecule has 1 aromatic carbocycles. The van der Waals surface area contributed by atoms with Gasteiger partial charge in [-0.1, -0.05) is 33.6 Å². The number of benzene rings is 1. The molecule has 66 valence electrons. The predicted octanol–water partition coefficient (Wildman–Crippen LogP) is 3.72. The first-order chi connectivity index (χ1) is 5.65. The molecule has 0 heterocycles. The average molecular weight is 249 g/mol. The van der Waals surface area contributed by atoms with E-state index in [0.717, 1.165) is 16.2 Å². The minimum atomic E-state index is 0.719. The normalized spacial score (nSPS) is 10.0. The van der Waals surface area contributed by atoms with Gasteiger partial charge in [0.25, 0.3) is 0 Å². The van der Waals surface area contributed by atoms with E-state index >= 15 is 0 Å². The van der Waals surface area contributed by atoms with Crippen molar-refractivity contribution in [1.29, 1.82) is 0 Å². The van der Waals surface area contributed by atoms with Crippen LogP contribution in [0.4, 0.5) is 5.69 Å². The highest BCUT2D eigenvalue weighted by atomic mass is 79.9. The van der Waals surface area contributed by atoms with Crippen LogP contribution in [0, 0.1) is 13.8 Å². The van der Waals surface area contributed by atoms with Crippen molar-refractivity contribution in [2.24, 2.45) is 0 Å². The molecule has 0 amide bonds. The largest absolute Gasteiger partial charge is 0.374 e. The first kappa shape index (κ1) is 9.87. The molecule has 1 aromatic rings. The van der Waals surface area contributed by atoms with Crippen LogP contribution in [0.15, 0.2) is 12.1 Å². The molecule has 0 atom stereocenters. The molecule has 1 rings (SSSR count). The zero-order valence-corrected chi connectivity index (χ0v) is 9.46. The van der Waals surface area contributed by atoms with Crippen molar-refractivity contribution in [2.45, 2.75) is 13.8 Å². The molecule has 1 nitrogen and oxygen atoms in total. The van der Waals surface area contributed by atoms with Crippen molar-refractivity contribution >= 4 is 33.2 Å². The molecule has 0 aromatic heterocycles. The Kier molecular flexibility index (Phi) is 3.41. The van der Waals surface area contributed by atoms with Crippen LogP contribution in [0.1, 0.15) is 11.1 Å². The summed E-state index contributed by atoms with van der Waals surface area (Å²) in [4.78, 5) is 0. The van der Waals surface area contributed by atoms with E-state index in [0.29, 0.717) is 0 Å². The Balaban J connectivity index is 3.10. The second kappa shape index (κ2) is 4.15. The van der Waals surface area contributed by atoms with Gasteiger partial charge in [0.05, 0.1) is 16.2 Å². The standard InChI is InChI=1S/C9H11BrClN/c1-6-3-7(2)9(12-5-10)8(11)4-6/h3-4,12H,5H2,1-2H3. The fourth-order valence-corrected chi connectivity index (χ4v) is 1.87. The van der Waals surface area contributed by atoms with E-state index in [1.165, 1.54) is 11.1 Å². The molecular formula is C9H11BrClN. The summed E-state index contributed by atoms with van der Waals surface area (Å²) in [6.45, 7) is 4.08. The van der Waals surface area contributed by atoms with E-state index in [1.54, 1.807) is 0 Å². The molecule has 12 heavy (non-hydrogen) atoms. The van der Waals surface area contributed by atoms with Crippen LogP contribution in [0.25, 0.3) is 0 Å². The Bertz CT molecular complexity index is 263. The first-order valence-electron chi connectivity index (χ1n) is 3.71. The lowest BCUT2D eigenvalue weighted by molar-refractivity contribution is 1.34. The van der Waals surface area contributed by atoms with E-state index in [9.17, 15) is 0 Å². The smallest absolute Gasteiger partial charge is 0.0708 e. The quantitative estimate of drug-likeness (QED) is 0.621. The van der Waals surface area contributed by atoms with Gasteiger partial charge in [0, 0.05) is 0 Å². The molecule has 0 saturated heterocycles. The molecule has 3 heteroatoms. The second-order valence-corrected chi connectivity index (χ2v) is 3.72. The Morgan fingerprint density at radius 2 is 2.08 bits per heavy atom. The number of rotatable bonds is 2. The van der Waals surface area contributed by atoms with Crippen LogP contribution in [0.2, 0.25) is 5.02 Å². The monoisotopic (exact) mass is 247 g/mol. The third kappa shape index (κ3) is 2.14. The van der Waals surface area contributed by atoms with Gasteiger partial charge in [0.1, 0.15) is 0 Å². The van der Waals surface area contributed by atoms with Gasteiger partial charge in [-0.2, -0.15) is 0 Å². The summed E-state index contributed by atoms with van der Waals surface area (Å²) in [5.74, 6) is 0. The Morgan fingerprint density at radius 1 is 1.42 bits per heavy atom. The zero-order valence-electron chi connectivity index (χ0n) is 7.12. The number of nitrogens with one attached hydrogen (secondary N) is 1. The molecular weight excluding hydrogens is 237 g/mol. The summed E-state index contributed by atoms with van der Waals surface area (Å²) in [5, 5.41) is 3.94. The summed E-state index contributed by atoms with van der Waals surface area (Å²) < 4.78 is 0. The van der Waals surface area contributed by atoms with Gasteiger partial charge in [-0.25, -0.2) is 0 Å². The highest BCUT2D eigenvalue weighted by Gasteiger charge is 2.02. The number of halogens is 2. The van der Waals surface area contributed by atoms with E-state index < -0.39 is 0 Å². The van der Waals surface area contributed by atoms with Crippen molar-refractivity contribution in [3.8, 4) is 0 Å². The Hall–Kier alpha value is -0.210. The predicted molar refractivity (Wildman–Crippen MR) is 58.3 cm³/mol. The van der Waals surface area contributed by atoms with Crippen molar-refractivity contribution < 1.29 is 0 Å². The van der Waals surface area contributed by atoms with Crippen LogP contribution >= 0.6 is 27.5 Å². The van der Waals surface area contributed by atoms with Crippen molar-refractivity contribution in [1.82, 2.24) is 0 Å². The molecule has 0 aliphatic carbocycles. The molecule has 0 radical (unpaired) electrons. The summed E-state index contributed by atoms with van der Waals surface area (Å²) in [5.41, 5.74) is 4.10. The highest BCUT2D eigenvalue weighted by Crippen LogP contribution is 2.27. The van der Waals surface area contributed by atoms with Crippen LogP contribution in [0.3, 0.4) is 0 Å². The van der Waals surface area contributed by atoms with Gasteiger partial charge in [-0.05, 0) is 31.0 Å². The van der Waals surface area contributed by atoms with Crippen LogP contribution in [0.5, 0.6) is 0 Å². The number of hydrogen-bond donors (Lipinski definition) is 1. The number of aryl methyl sites for hydroxylation is 2. The average Bonchev–Trinajstić information content (AvgIpc) is 1.96. The molecule has 0 aliphatic rings. The number of anilines is 1. The van der Waals surface area contributed by atoms with Crippen LogP contribution in [-0.2, 0) is 0 Å². The maximum atomic E-state index is 6.03. The minimum absolute atomic E-state index is 0.719. The van der Waals surface area contributed by atoms with Gasteiger partial charge in [0.15, 0.2) is 0 Å². The van der Waals surface area contributed by atoms with Crippen molar-refractivity contribution in [2.75, 3.05) is 10.8 Å². The number of alkyl halides is 1. The number of hydrogen-bond acceptors (Lipinski definition) is 1. The fraction of sp³-hybridized carbons (Fsp3) is 0.333. The van der Waals surface area contributed by atoms with Crippen LogP contribution < -0.4 is 5.32 Å². The molecule has 0 aliphatic heterocycles. The van der Waals surface area contributed by atoms with Crippen molar-refractivity contribution in [3.05, 3.63) is 28.3 Å². The summed E-state index contributed by atoms with van der Waals surface area (Å²) in [6, 6.07) is 4.07. The van der Waals surface area contributed by atoms with Crippen LogP contribution in [-0.4, -0.2) is 5.45 Å². The van der Waals surface area contributed by atoms with E-state index in [1.807, 2.05) is 19.9 Å². The van der Waals surface area contributed by atoms with Gasteiger partial charge < -0.3 is 5.32 Å². The van der Waals surface area contributed by atoms with Gasteiger partial charge >= 0.3 is 0 Å². The lowest BCUT2D eigenvalue weighted by Crippen LogP contribution is -1.97. The van der Waals surface area contributed by atoms with E-state index in [2.05, 4.69) is 27.3 Å². The van der Waals surface area contributed by atoms with Gasteiger partial charge in [-0.3, -0.25) is 0 Å². The SMILES string of the molecule is Cc1cc(C)c(NCBr)c(Cl)c1. The highest BCUT2D eigenvalue weighted by molar-refractivity contribution is 9.09. The Labute approximate surface area is 86.2 Å². The van der Waals surface area contributed by atoms with Gasteiger partial charge in [-0.15, -0.1) is 0 Å². The van der Waals surface area contributed by atoms with E-state index in [-0.39, 0.29) is 0 Å².